The summed E-state index contributed by atoms with van der Waals surface area (Å²) in [5.41, 5.74) is 0.513. The van der Waals surface area contributed by atoms with E-state index >= 15 is 0 Å². The van der Waals surface area contributed by atoms with Crippen LogP contribution in [0.3, 0.4) is 0 Å². The summed E-state index contributed by atoms with van der Waals surface area (Å²) in [4.78, 5) is 13.1. The standard InChI is InChI=1S/C21H36O2/c1-8-18(3,4)13-21(12-14(21)2)17(22)23-16-11-15-9-10-20(16,7)19(15,5)6/h14-16H,8-13H2,1-7H3. The summed E-state index contributed by atoms with van der Waals surface area (Å²) in [6.07, 6.45) is 6.85. The molecule has 0 radical (unpaired) electrons. The molecular weight excluding hydrogens is 284 g/mol. The summed E-state index contributed by atoms with van der Waals surface area (Å²) in [6.45, 7) is 16.1. The Balaban J connectivity index is 1.73. The zero-order valence-electron chi connectivity index (χ0n) is 16.3. The highest BCUT2D eigenvalue weighted by atomic mass is 16.5. The van der Waals surface area contributed by atoms with Crippen LogP contribution in [0.1, 0.15) is 87.0 Å². The van der Waals surface area contributed by atoms with Crippen molar-refractivity contribution in [2.24, 2.45) is 33.5 Å². The third kappa shape index (κ3) is 2.38. The van der Waals surface area contributed by atoms with Crippen molar-refractivity contribution in [3.63, 3.8) is 0 Å². The molecule has 0 aromatic rings. The molecule has 5 atom stereocenters. The fraction of sp³-hybridized carbons (Fsp3) is 0.952. The molecule has 0 N–H and O–H groups in total. The van der Waals surface area contributed by atoms with Gasteiger partial charge in [-0.15, -0.1) is 0 Å². The van der Waals surface area contributed by atoms with E-state index in [2.05, 4.69) is 48.5 Å². The van der Waals surface area contributed by atoms with E-state index in [1.165, 1.54) is 12.8 Å². The van der Waals surface area contributed by atoms with Crippen molar-refractivity contribution in [1.82, 2.24) is 0 Å². The third-order valence-electron chi connectivity index (χ3n) is 8.57. The van der Waals surface area contributed by atoms with Crippen LogP contribution in [-0.4, -0.2) is 12.1 Å². The number of carbonyl (C=O) groups is 1. The zero-order chi connectivity index (χ0) is 17.3. The van der Waals surface area contributed by atoms with Gasteiger partial charge < -0.3 is 4.74 Å². The van der Waals surface area contributed by atoms with Gasteiger partial charge in [-0.3, -0.25) is 4.79 Å². The van der Waals surface area contributed by atoms with Gasteiger partial charge in [0.1, 0.15) is 6.10 Å². The zero-order valence-corrected chi connectivity index (χ0v) is 16.3. The van der Waals surface area contributed by atoms with E-state index in [0.717, 1.165) is 31.6 Å². The molecule has 3 aliphatic rings. The molecule has 23 heavy (non-hydrogen) atoms. The lowest BCUT2D eigenvalue weighted by Crippen LogP contribution is -2.40. The second-order valence-electron chi connectivity index (χ2n) is 10.5. The van der Waals surface area contributed by atoms with Gasteiger partial charge >= 0.3 is 5.97 Å². The number of carbonyl (C=O) groups excluding carboxylic acids is 1. The lowest BCUT2D eigenvalue weighted by molar-refractivity contribution is -0.165. The summed E-state index contributed by atoms with van der Waals surface area (Å²) < 4.78 is 6.23. The minimum Gasteiger partial charge on any atom is -0.461 e. The first-order valence-electron chi connectivity index (χ1n) is 9.70. The van der Waals surface area contributed by atoms with Crippen molar-refractivity contribution in [2.45, 2.75) is 93.1 Å². The minimum atomic E-state index is -0.193. The van der Waals surface area contributed by atoms with Gasteiger partial charge in [0.25, 0.3) is 0 Å². The van der Waals surface area contributed by atoms with Crippen LogP contribution in [0.5, 0.6) is 0 Å². The van der Waals surface area contributed by atoms with E-state index in [9.17, 15) is 4.79 Å². The van der Waals surface area contributed by atoms with Crippen LogP contribution in [-0.2, 0) is 9.53 Å². The second-order valence-corrected chi connectivity index (χ2v) is 10.5. The lowest BCUT2D eigenvalue weighted by Gasteiger charge is -2.39. The molecule has 0 aromatic carbocycles. The van der Waals surface area contributed by atoms with Crippen molar-refractivity contribution in [3.8, 4) is 0 Å². The van der Waals surface area contributed by atoms with Crippen LogP contribution in [0.2, 0.25) is 0 Å². The maximum Gasteiger partial charge on any atom is 0.312 e. The van der Waals surface area contributed by atoms with Gasteiger partial charge in [-0.1, -0.05) is 54.9 Å². The van der Waals surface area contributed by atoms with Gasteiger partial charge in [0.2, 0.25) is 0 Å². The number of hydrogen-bond acceptors (Lipinski definition) is 2. The van der Waals surface area contributed by atoms with Crippen molar-refractivity contribution in [3.05, 3.63) is 0 Å². The summed E-state index contributed by atoms with van der Waals surface area (Å²) >= 11 is 0. The van der Waals surface area contributed by atoms with E-state index in [4.69, 9.17) is 4.74 Å². The molecule has 0 saturated heterocycles. The Morgan fingerprint density at radius 1 is 1.26 bits per heavy atom. The first kappa shape index (κ1) is 17.3. The van der Waals surface area contributed by atoms with Gasteiger partial charge in [0.15, 0.2) is 0 Å². The minimum absolute atomic E-state index is 0.112. The van der Waals surface area contributed by atoms with Crippen LogP contribution in [0.25, 0.3) is 0 Å². The molecule has 0 spiro atoms. The predicted octanol–water partition coefficient (Wildman–Crippen LogP) is 5.60. The third-order valence-corrected chi connectivity index (χ3v) is 8.57. The van der Waals surface area contributed by atoms with Crippen molar-refractivity contribution >= 4 is 5.97 Å². The maximum atomic E-state index is 13.1. The number of rotatable bonds is 5. The molecule has 3 rings (SSSR count). The van der Waals surface area contributed by atoms with Crippen molar-refractivity contribution in [2.75, 3.05) is 0 Å². The Hall–Kier alpha value is -0.530. The average Bonchev–Trinajstić information content (AvgIpc) is 2.99. The molecule has 3 aliphatic carbocycles. The molecule has 2 bridgehead atoms. The molecule has 132 valence electrons. The summed E-state index contributed by atoms with van der Waals surface area (Å²) in [5.74, 6) is 1.33. The Bertz CT molecular complexity index is 506. The molecule has 0 aromatic heterocycles. The Labute approximate surface area is 142 Å². The molecule has 2 nitrogen and oxygen atoms in total. The normalized spacial score (nSPS) is 44.4. The summed E-state index contributed by atoms with van der Waals surface area (Å²) in [6, 6.07) is 0. The van der Waals surface area contributed by atoms with E-state index in [-0.39, 0.29) is 28.3 Å². The fourth-order valence-electron chi connectivity index (χ4n) is 5.62. The van der Waals surface area contributed by atoms with Gasteiger partial charge in [0, 0.05) is 5.41 Å². The number of ether oxygens (including phenoxy) is 1. The quantitative estimate of drug-likeness (QED) is 0.617. The topological polar surface area (TPSA) is 26.3 Å². The SMILES string of the molecule is CCC(C)(C)CC1(C(=O)OC2CC3CCC2(C)C3(C)C)CC1C. The molecular formula is C21H36O2. The van der Waals surface area contributed by atoms with Gasteiger partial charge in [-0.2, -0.15) is 0 Å². The van der Waals surface area contributed by atoms with E-state index < -0.39 is 0 Å². The monoisotopic (exact) mass is 320 g/mol. The predicted molar refractivity (Wildman–Crippen MR) is 94.0 cm³/mol. The lowest BCUT2D eigenvalue weighted by atomic mass is 9.70. The van der Waals surface area contributed by atoms with Crippen LogP contribution in [0, 0.1) is 33.5 Å². The Morgan fingerprint density at radius 2 is 1.87 bits per heavy atom. The Morgan fingerprint density at radius 3 is 2.26 bits per heavy atom. The molecule has 0 heterocycles. The van der Waals surface area contributed by atoms with E-state index in [0.29, 0.717) is 11.3 Å². The fourth-order valence-corrected chi connectivity index (χ4v) is 5.62. The highest BCUT2D eigenvalue weighted by Crippen LogP contribution is 2.67. The molecule has 2 heteroatoms. The largest absolute Gasteiger partial charge is 0.461 e. The smallest absolute Gasteiger partial charge is 0.312 e. The molecule has 0 aliphatic heterocycles. The van der Waals surface area contributed by atoms with Crippen LogP contribution in [0.4, 0.5) is 0 Å². The van der Waals surface area contributed by atoms with Gasteiger partial charge in [-0.05, 0) is 54.8 Å². The van der Waals surface area contributed by atoms with E-state index in [1.54, 1.807) is 0 Å². The molecule has 3 saturated carbocycles. The van der Waals surface area contributed by atoms with Gasteiger partial charge in [0.05, 0.1) is 5.41 Å². The number of fused-ring (bicyclic) bond motifs is 2. The van der Waals surface area contributed by atoms with Crippen LogP contribution >= 0.6 is 0 Å². The second kappa shape index (κ2) is 4.99. The first-order valence-corrected chi connectivity index (χ1v) is 9.70. The molecule has 0 amide bonds. The highest BCUT2D eigenvalue weighted by molar-refractivity contribution is 5.81. The molecule has 5 unspecified atom stereocenters. The van der Waals surface area contributed by atoms with Crippen molar-refractivity contribution in [1.29, 1.82) is 0 Å². The highest BCUT2D eigenvalue weighted by Gasteiger charge is 2.65. The van der Waals surface area contributed by atoms with Crippen LogP contribution < -0.4 is 0 Å². The number of hydrogen-bond donors (Lipinski definition) is 0. The summed E-state index contributed by atoms with van der Waals surface area (Å²) in [7, 11) is 0. The average molecular weight is 321 g/mol. The Kier molecular flexibility index (Phi) is 3.75. The maximum absolute atomic E-state index is 13.1. The first-order chi connectivity index (χ1) is 10.5. The van der Waals surface area contributed by atoms with Crippen LogP contribution in [0.15, 0.2) is 0 Å². The summed E-state index contributed by atoms with van der Waals surface area (Å²) in [5, 5.41) is 0. The molecule has 3 fully saturated rings. The van der Waals surface area contributed by atoms with Crippen molar-refractivity contribution < 1.29 is 9.53 Å². The number of esters is 1. The van der Waals surface area contributed by atoms with Gasteiger partial charge in [-0.25, -0.2) is 0 Å². The van der Waals surface area contributed by atoms with E-state index in [1.807, 2.05) is 0 Å².